The molecule has 0 unspecified atom stereocenters. The minimum Gasteiger partial charge on any atom is -0.490 e. The first-order chi connectivity index (χ1) is 17.9. The molecule has 0 saturated carbocycles. The van der Waals surface area contributed by atoms with Crippen molar-refractivity contribution in [3.63, 3.8) is 0 Å². The number of nitrogens with zero attached hydrogens (tertiary/aromatic N) is 1. The van der Waals surface area contributed by atoms with Crippen molar-refractivity contribution in [1.82, 2.24) is 0 Å². The van der Waals surface area contributed by atoms with Crippen LogP contribution in [0.15, 0.2) is 77.7 Å². The van der Waals surface area contributed by atoms with Crippen molar-refractivity contribution in [1.29, 1.82) is 0 Å². The van der Waals surface area contributed by atoms with Crippen molar-refractivity contribution in [3.05, 3.63) is 94.4 Å². The maximum atomic E-state index is 13.1. The van der Waals surface area contributed by atoms with Crippen LogP contribution in [0.2, 0.25) is 0 Å². The molecule has 0 atom stereocenters. The highest BCUT2D eigenvalue weighted by Crippen LogP contribution is 2.38. The lowest BCUT2D eigenvalue weighted by Crippen LogP contribution is -2.27. The van der Waals surface area contributed by atoms with E-state index >= 15 is 0 Å². The van der Waals surface area contributed by atoms with Crippen LogP contribution in [0.4, 0.5) is 18.9 Å². The van der Waals surface area contributed by atoms with E-state index in [1.807, 2.05) is 12.1 Å². The average molecular weight is 558 g/mol. The third kappa shape index (κ3) is 6.76. The second kappa shape index (κ2) is 11.2. The van der Waals surface area contributed by atoms with Crippen LogP contribution < -0.4 is 14.4 Å². The number of hydrogen-bond acceptors (Lipinski definition) is 5. The SMILES string of the molecule is CC(C)(C)c1ccc(OCCOc2cccc(/C=C3/SC(=S)N(c4cccc(C(F)(F)F)c4)C3=O)c2)cc1. The third-order valence-corrected chi connectivity index (χ3v) is 7.02. The molecule has 4 nitrogen and oxygen atoms in total. The molecule has 0 bridgehead atoms. The Morgan fingerprint density at radius 2 is 1.53 bits per heavy atom. The second-order valence-electron chi connectivity index (χ2n) is 9.61. The van der Waals surface area contributed by atoms with Gasteiger partial charge in [-0.2, -0.15) is 13.2 Å². The number of benzene rings is 3. The molecule has 1 aliphatic rings. The van der Waals surface area contributed by atoms with E-state index < -0.39 is 17.6 Å². The van der Waals surface area contributed by atoms with Gasteiger partial charge in [-0.05, 0) is 65.1 Å². The highest BCUT2D eigenvalue weighted by molar-refractivity contribution is 8.27. The Balaban J connectivity index is 1.37. The fourth-order valence-corrected chi connectivity index (χ4v) is 5.03. The van der Waals surface area contributed by atoms with E-state index in [1.54, 1.807) is 30.3 Å². The third-order valence-electron chi connectivity index (χ3n) is 5.72. The molecule has 0 aliphatic carbocycles. The molecule has 1 aliphatic heterocycles. The van der Waals surface area contributed by atoms with E-state index in [9.17, 15) is 18.0 Å². The van der Waals surface area contributed by atoms with Crippen molar-refractivity contribution >= 4 is 46.0 Å². The Morgan fingerprint density at radius 3 is 2.18 bits per heavy atom. The van der Waals surface area contributed by atoms with E-state index in [4.69, 9.17) is 21.7 Å². The van der Waals surface area contributed by atoms with Gasteiger partial charge >= 0.3 is 6.18 Å². The van der Waals surface area contributed by atoms with Gasteiger partial charge in [0.05, 0.1) is 16.2 Å². The smallest absolute Gasteiger partial charge is 0.416 e. The Kier molecular flexibility index (Phi) is 8.18. The van der Waals surface area contributed by atoms with Gasteiger partial charge in [-0.3, -0.25) is 9.69 Å². The quantitative estimate of drug-likeness (QED) is 0.168. The standard InChI is InChI=1S/C29H26F3NO3S2/c1-28(2,3)20-10-12-23(13-11-20)35-14-15-36-24-9-4-6-19(16-24)17-25-26(34)33(27(37)38-25)22-8-5-7-21(18-22)29(30,31)32/h4-13,16-18H,14-15H2,1-3H3/b25-17+. The van der Waals surface area contributed by atoms with Crippen LogP contribution in [-0.2, 0) is 16.4 Å². The second-order valence-corrected chi connectivity index (χ2v) is 11.3. The minimum atomic E-state index is -4.52. The summed E-state index contributed by atoms with van der Waals surface area (Å²) in [6, 6.07) is 19.7. The van der Waals surface area contributed by atoms with Crippen LogP contribution in [0.1, 0.15) is 37.5 Å². The maximum Gasteiger partial charge on any atom is 0.416 e. The molecule has 1 fully saturated rings. The molecule has 38 heavy (non-hydrogen) atoms. The molecule has 1 saturated heterocycles. The van der Waals surface area contributed by atoms with Gasteiger partial charge in [0, 0.05) is 0 Å². The number of hydrogen-bond donors (Lipinski definition) is 0. The number of halogens is 3. The number of alkyl halides is 3. The summed E-state index contributed by atoms with van der Waals surface area (Å²) < 4.78 is 51.1. The fraction of sp³-hybridized carbons (Fsp3) is 0.241. The molecule has 0 N–H and O–H groups in total. The monoisotopic (exact) mass is 557 g/mol. The summed E-state index contributed by atoms with van der Waals surface area (Å²) in [4.78, 5) is 14.4. The maximum absolute atomic E-state index is 13.1. The number of thiocarbonyl (C=S) groups is 1. The van der Waals surface area contributed by atoms with Gasteiger partial charge in [-0.15, -0.1) is 0 Å². The zero-order valence-electron chi connectivity index (χ0n) is 21.0. The molecule has 9 heteroatoms. The molecule has 3 aromatic carbocycles. The normalized spacial score (nSPS) is 15.3. The Morgan fingerprint density at radius 1 is 0.868 bits per heavy atom. The van der Waals surface area contributed by atoms with Crippen LogP contribution in [0, 0.1) is 0 Å². The summed E-state index contributed by atoms with van der Waals surface area (Å²) in [7, 11) is 0. The summed E-state index contributed by atoms with van der Waals surface area (Å²) in [5, 5.41) is 0. The summed E-state index contributed by atoms with van der Waals surface area (Å²) in [6.45, 7) is 7.14. The number of ether oxygens (including phenoxy) is 2. The first-order valence-corrected chi connectivity index (χ1v) is 13.1. The largest absolute Gasteiger partial charge is 0.490 e. The molecule has 1 amide bonds. The minimum absolute atomic E-state index is 0.0744. The van der Waals surface area contributed by atoms with Gasteiger partial charge < -0.3 is 9.47 Å². The van der Waals surface area contributed by atoms with Gasteiger partial charge in [0.25, 0.3) is 5.91 Å². The molecule has 0 spiro atoms. The predicted octanol–water partition coefficient (Wildman–Crippen LogP) is 7.87. The first kappa shape index (κ1) is 27.7. The molecule has 0 aromatic heterocycles. The lowest BCUT2D eigenvalue weighted by molar-refractivity contribution is -0.137. The van der Waals surface area contributed by atoms with Gasteiger partial charge in [0.2, 0.25) is 0 Å². The summed E-state index contributed by atoms with van der Waals surface area (Å²) in [6.07, 6.45) is -2.87. The fourth-order valence-electron chi connectivity index (χ4n) is 3.73. The zero-order valence-corrected chi connectivity index (χ0v) is 22.7. The Labute approximate surface area is 229 Å². The summed E-state index contributed by atoms with van der Waals surface area (Å²) >= 11 is 6.34. The average Bonchev–Trinajstić information content (AvgIpc) is 3.13. The highest BCUT2D eigenvalue weighted by atomic mass is 32.2. The predicted molar refractivity (Wildman–Crippen MR) is 150 cm³/mol. The van der Waals surface area contributed by atoms with Gasteiger partial charge in [0.15, 0.2) is 4.32 Å². The van der Waals surface area contributed by atoms with Crippen LogP contribution in [0.5, 0.6) is 11.5 Å². The van der Waals surface area contributed by atoms with Gasteiger partial charge in [-0.1, -0.05) is 75.1 Å². The summed E-state index contributed by atoms with van der Waals surface area (Å²) in [5.74, 6) is 0.883. The van der Waals surface area contributed by atoms with Crippen molar-refractivity contribution in [2.45, 2.75) is 32.4 Å². The first-order valence-electron chi connectivity index (χ1n) is 11.8. The van der Waals surface area contributed by atoms with E-state index in [-0.39, 0.29) is 15.4 Å². The molecule has 4 rings (SSSR count). The lowest BCUT2D eigenvalue weighted by atomic mass is 9.87. The summed E-state index contributed by atoms with van der Waals surface area (Å²) in [5.41, 5.74) is 1.24. The van der Waals surface area contributed by atoms with Crippen LogP contribution in [0.3, 0.4) is 0 Å². The molecular formula is C29H26F3NO3S2. The highest BCUT2D eigenvalue weighted by Gasteiger charge is 2.36. The van der Waals surface area contributed by atoms with E-state index in [0.29, 0.717) is 29.4 Å². The molecule has 1 heterocycles. The van der Waals surface area contributed by atoms with E-state index in [1.165, 1.54) is 17.7 Å². The molecule has 3 aromatic rings. The molecule has 198 valence electrons. The number of thioether (sulfide) groups is 1. The number of carbonyl (C=O) groups excluding carboxylic acids is 1. The zero-order chi connectivity index (χ0) is 27.5. The molecule has 0 radical (unpaired) electrons. The molecular weight excluding hydrogens is 531 g/mol. The van der Waals surface area contributed by atoms with Crippen molar-refractivity contribution < 1.29 is 27.4 Å². The number of rotatable bonds is 7. The number of anilines is 1. The van der Waals surface area contributed by atoms with E-state index in [2.05, 4.69) is 32.9 Å². The Bertz CT molecular complexity index is 1360. The van der Waals surface area contributed by atoms with Gasteiger partial charge in [0.1, 0.15) is 24.7 Å². The van der Waals surface area contributed by atoms with Crippen molar-refractivity contribution in [2.24, 2.45) is 0 Å². The van der Waals surface area contributed by atoms with Crippen LogP contribution in [-0.4, -0.2) is 23.4 Å². The van der Waals surface area contributed by atoms with Crippen LogP contribution >= 0.6 is 24.0 Å². The van der Waals surface area contributed by atoms with Crippen molar-refractivity contribution in [2.75, 3.05) is 18.1 Å². The van der Waals surface area contributed by atoms with E-state index in [0.717, 1.165) is 34.5 Å². The van der Waals surface area contributed by atoms with Gasteiger partial charge in [-0.25, -0.2) is 0 Å². The Hall–Kier alpha value is -3.30. The lowest BCUT2D eigenvalue weighted by Gasteiger charge is -2.19. The topological polar surface area (TPSA) is 38.8 Å². The number of carbonyl (C=O) groups is 1. The van der Waals surface area contributed by atoms with Crippen LogP contribution in [0.25, 0.3) is 6.08 Å². The van der Waals surface area contributed by atoms with Crippen molar-refractivity contribution in [3.8, 4) is 11.5 Å². The number of amides is 1.